The van der Waals surface area contributed by atoms with E-state index in [9.17, 15) is 8.78 Å². The minimum Gasteiger partial charge on any atom is -0.421 e. The fourth-order valence-electron chi connectivity index (χ4n) is 1.63. The van der Waals surface area contributed by atoms with E-state index in [1.807, 2.05) is 0 Å². The smallest absolute Gasteiger partial charge is 0.250 e. The van der Waals surface area contributed by atoms with Gasteiger partial charge in [0.2, 0.25) is 5.89 Å². The number of hydrogen-bond donors (Lipinski definition) is 1. The lowest BCUT2D eigenvalue weighted by Crippen LogP contribution is -2.17. The van der Waals surface area contributed by atoms with Crippen molar-refractivity contribution in [2.24, 2.45) is 0 Å². The molecule has 0 atom stereocenters. The van der Waals surface area contributed by atoms with Crippen LogP contribution in [0.3, 0.4) is 0 Å². The lowest BCUT2D eigenvalue weighted by Gasteiger charge is -1.99. The van der Waals surface area contributed by atoms with E-state index in [-0.39, 0.29) is 11.5 Å². The van der Waals surface area contributed by atoms with Crippen LogP contribution in [-0.4, -0.2) is 23.3 Å². The summed E-state index contributed by atoms with van der Waals surface area (Å²) in [5.41, 5.74) is -0.0136. The van der Waals surface area contributed by atoms with E-state index in [0.717, 1.165) is 19.0 Å². The van der Waals surface area contributed by atoms with Crippen molar-refractivity contribution in [3.05, 3.63) is 35.7 Å². The second-order valence-corrected chi connectivity index (χ2v) is 4.10. The molecule has 0 spiro atoms. The molecule has 0 saturated carbocycles. The van der Waals surface area contributed by atoms with E-state index in [0.29, 0.717) is 18.9 Å². The largest absolute Gasteiger partial charge is 0.421 e. The van der Waals surface area contributed by atoms with Crippen LogP contribution < -0.4 is 5.32 Å². The molecule has 0 aliphatic rings. The third-order valence-corrected chi connectivity index (χ3v) is 2.59. The summed E-state index contributed by atoms with van der Waals surface area (Å²) < 4.78 is 31.9. The van der Waals surface area contributed by atoms with Gasteiger partial charge >= 0.3 is 0 Å². The monoisotopic (exact) mass is 267 g/mol. The quantitative estimate of drug-likeness (QED) is 0.817. The van der Waals surface area contributed by atoms with Gasteiger partial charge in [0.25, 0.3) is 5.89 Å². The van der Waals surface area contributed by atoms with Crippen LogP contribution in [0.5, 0.6) is 0 Å². The van der Waals surface area contributed by atoms with E-state index in [4.69, 9.17) is 4.42 Å². The van der Waals surface area contributed by atoms with Crippen molar-refractivity contribution in [1.29, 1.82) is 0 Å². The fourth-order valence-corrected chi connectivity index (χ4v) is 1.63. The predicted molar refractivity (Wildman–Crippen MR) is 66.5 cm³/mol. The molecule has 0 bridgehead atoms. The molecular formula is C13H15F2N3O. The molecule has 0 radical (unpaired) electrons. The molecule has 0 aliphatic heterocycles. The highest BCUT2D eigenvalue weighted by molar-refractivity contribution is 5.53. The molecule has 1 aromatic carbocycles. The van der Waals surface area contributed by atoms with Crippen molar-refractivity contribution < 1.29 is 13.2 Å². The zero-order valence-electron chi connectivity index (χ0n) is 10.6. The Morgan fingerprint density at radius 2 is 2.05 bits per heavy atom. The van der Waals surface area contributed by atoms with Gasteiger partial charge in [0.05, 0.1) is 5.56 Å². The predicted octanol–water partition coefficient (Wildman–Crippen LogP) is 2.56. The van der Waals surface area contributed by atoms with Gasteiger partial charge in [-0.15, -0.1) is 10.2 Å². The van der Waals surface area contributed by atoms with Crippen LogP contribution >= 0.6 is 0 Å². The Morgan fingerprint density at radius 3 is 2.84 bits per heavy atom. The number of nitrogens with one attached hydrogen (secondary N) is 1. The summed E-state index contributed by atoms with van der Waals surface area (Å²) in [5, 5.41) is 10.7. The topological polar surface area (TPSA) is 51.0 Å². The minimum atomic E-state index is -0.971. The Hall–Kier alpha value is -1.82. The van der Waals surface area contributed by atoms with Crippen LogP contribution in [0.15, 0.2) is 22.6 Å². The van der Waals surface area contributed by atoms with Crippen LogP contribution in [0.1, 0.15) is 19.2 Å². The van der Waals surface area contributed by atoms with Gasteiger partial charge in [-0.05, 0) is 25.1 Å². The molecule has 19 heavy (non-hydrogen) atoms. The van der Waals surface area contributed by atoms with Gasteiger partial charge in [0.1, 0.15) is 0 Å². The number of rotatable bonds is 6. The molecule has 0 saturated heterocycles. The summed E-state index contributed by atoms with van der Waals surface area (Å²) >= 11 is 0. The summed E-state index contributed by atoms with van der Waals surface area (Å²) in [6.45, 7) is 3.70. The number of hydrogen-bond acceptors (Lipinski definition) is 4. The lowest BCUT2D eigenvalue weighted by molar-refractivity contribution is 0.481. The first-order valence-electron chi connectivity index (χ1n) is 6.20. The molecule has 1 heterocycles. The number of benzene rings is 1. The summed E-state index contributed by atoms with van der Waals surface area (Å²) in [6, 6.07) is 3.86. The first kappa shape index (κ1) is 13.6. The molecule has 0 aliphatic carbocycles. The van der Waals surface area contributed by atoms with Crippen molar-refractivity contribution in [2.45, 2.75) is 19.8 Å². The van der Waals surface area contributed by atoms with Gasteiger partial charge in [0.15, 0.2) is 11.6 Å². The Kier molecular flexibility index (Phi) is 4.57. The molecule has 0 amide bonds. The molecule has 2 aromatic rings. The van der Waals surface area contributed by atoms with Gasteiger partial charge in [-0.1, -0.05) is 13.0 Å². The molecule has 0 unspecified atom stereocenters. The van der Waals surface area contributed by atoms with Gasteiger partial charge in [0, 0.05) is 13.0 Å². The van der Waals surface area contributed by atoms with Crippen LogP contribution in [0.4, 0.5) is 8.78 Å². The fraction of sp³-hybridized carbons (Fsp3) is 0.385. The lowest BCUT2D eigenvalue weighted by atomic mass is 10.2. The molecule has 1 aromatic heterocycles. The summed E-state index contributed by atoms with van der Waals surface area (Å²) in [4.78, 5) is 0. The number of aromatic nitrogens is 2. The Morgan fingerprint density at radius 1 is 1.21 bits per heavy atom. The van der Waals surface area contributed by atoms with Crippen LogP contribution in [0.2, 0.25) is 0 Å². The van der Waals surface area contributed by atoms with E-state index < -0.39 is 11.6 Å². The van der Waals surface area contributed by atoms with E-state index in [1.165, 1.54) is 12.1 Å². The summed E-state index contributed by atoms with van der Waals surface area (Å²) in [7, 11) is 0. The van der Waals surface area contributed by atoms with E-state index in [2.05, 4.69) is 22.4 Å². The van der Waals surface area contributed by atoms with Crippen molar-refractivity contribution in [3.8, 4) is 11.5 Å². The maximum Gasteiger partial charge on any atom is 0.250 e. The summed E-state index contributed by atoms with van der Waals surface area (Å²) in [5.74, 6) is -1.49. The van der Waals surface area contributed by atoms with Crippen LogP contribution in [-0.2, 0) is 6.42 Å². The average Bonchev–Trinajstić information content (AvgIpc) is 2.87. The maximum absolute atomic E-state index is 13.5. The number of halogens is 2. The van der Waals surface area contributed by atoms with Crippen molar-refractivity contribution in [3.63, 3.8) is 0 Å². The van der Waals surface area contributed by atoms with E-state index >= 15 is 0 Å². The van der Waals surface area contributed by atoms with Crippen molar-refractivity contribution in [2.75, 3.05) is 13.1 Å². The van der Waals surface area contributed by atoms with Crippen molar-refractivity contribution in [1.82, 2.24) is 15.5 Å². The Bertz CT molecular complexity index is 542. The van der Waals surface area contributed by atoms with Gasteiger partial charge in [-0.25, -0.2) is 8.78 Å². The van der Waals surface area contributed by atoms with Gasteiger partial charge < -0.3 is 9.73 Å². The zero-order valence-corrected chi connectivity index (χ0v) is 10.6. The van der Waals surface area contributed by atoms with Crippen LogP contribution in [0.25, 0.3) is 11.5 Å². The molecule has 1 N–H and O–H groups in total. The second kappa shape index (κ2) is 6.38. The third-order valence-electron chi connectivity index (χ3n) is 2.59. The SMILES string of the molecule is CCCNCCc1nnc(-c2cccc(F)c2F)o1. The van der Waals surface area contributed by atoms with Gasteiger partial charge in [-0.3, -0.25) is 0 Å². The molecule has 102 valence electrons. The molecule has 2 rings (SSSR count). The molecule has 0 fully saturated rings. The first-order valence-corrected chi connectivity index (χ1v) is 6.20. The zero-order chi connectivity index (χ0) is 13.7. The van der Waals surface area contributed by atoms with E-state index in [1.54, 1.807) is 0 Å². The highest BCUT2D eigenvalue weighted by Crippen LogP contribution is 2.23. The third kappa shape index (κ3) is 3.35. The molecular weight excluding hydrogens is 252 g/mol. The summed E-state index contributed by atoms with van der Waals surface area (Å²) in [6.07, 6.45) is 1.60. The molecule has 4 nitrogen and oxygen atoms in total. The second-order valence-electron chi connectivity index (χ2n) is 4.10. The van der Waals surface area contributed by atoms with Crippen molar-refractivity contribution >= 4 is 0 Å². The highest BCUT2D eigenvalue weighted by atomic mass is 19.2. The highest BCUT2D eigenvalue weighted by Gasteiger charge is 2.15. The van der Waals surface area contributed by atoms with Gasteiger partial charge in [-0.2, -0.15) is 0 Å². The average molecular weight is 267 g/mol. The standard InChI is InChI=1S/C13H15F2N3O/c1-2-7-16-8-6-11-17-18-13(19-11)9-4-3-5-10(14)12(9)15/h3-5,16H,2,6-8H2,1H3. The Balaban J connectivity index is 2.06. The number of nitrogens with zero attached hydrogens (tertiary/aromatic N) is 2. The normalized spacial score (nSPS) is 10.9. The minimum absolute atomic E-state index is 0.00231. The van der Waals surface area contributed by atoms with Crippen LogP contribution in [0, 0.1) is 11.6 Å². The Labute approximate surface area is 109 Å². The first-order chi connectivity index (χ1) is 9.22. The maximum atomic E-state index is 13.5. The molecule has 6 heteroatoms.